The fourth-order valence-electron chi connectivity index (χ4n) is 2.78. The summed E-state index contributed by atoms with van der Waals surface area (Å²) >= 11 is 0. The molecule has 0 radical (unpaired) electrons. The highest BCUT2D eigenvalue weighted by Gasteiger charge is 2.31. The van der Waals surface area contributed by atoms with Gasteiger partial charge in [-0.15, -0.1) is 13.2 Å². The summed E-state index contributed by atoms with van der Waals surface area (Å²) in [6.07, 6.45) is -4.74. The molecule has 128 valence electrons. The fraction of sp³-hybridized carbons (Fsp3) is 0.333. The van der Waals surface area contributed by atoms with Crippen LogP contribution in [-0.2, 0) is 0 Å². The number of nitrogens with two attached hydrogens (primary N) is 1. The Kier molecular flexibility index (Phi) is 3.86. The summed E-state index contributed by atoms with van der Waals surface area (Å²) in [6.45, 7) is 1.85. The lowest BCUT2D eigenvalue weighted by Crippen LogP contribution is -2.51. The van der Waals surface area contributed by atoms with Crippen molar-refractivity contribution in [3.8, 4) is 5.75 Å². The van der Waals surface area contributed by atoms with Crippen LogP contribution in [-0.4, -0.2) is 32.5 Å². The second kappa shape index (κ2) is 5.73. The molecule has 0 amide bonds. The van der Waals surface area contributed by atoms with E-state index < -0.39 is 17.2 Å². The molecule has 0 bridgehead atoms. The minimum atomic E-state index is -4.74. The van der Waals surface area contributed by atoms with E-state index in [2.05, 4.69) is 4.74 Å². The highest BCUT2D eigenvalue weighted by atomic mass is 19.4. The second-order valence-corrected chi connectivity index (χ2v) is 5.44. The van der Waals surface area contributed by atoms with E-state index in [0.29, 0.717) is 31.9 Å². The Bertz CT molecular complexity index is 819. The van der Waals surface area contributed by atoms with Gasteiger partial charge in [0.15, 0.2) is 0 Å². The van der Waals surface area contributed by atoms with Gasteiger partial charge in [-0.05, 0) is 12.1 Å². The highest BCUT2D eigenvalue weighted by Crippen LogP contribution is 2.28. The van der Waals surface area contributed by atoms with Crippen molar-refractivity contribution in [2.45, 2.75) is 6.36 Å². The zero-order chi connectivity index (χ0) is 17.5. The molecule has 1 fully saturated rings. The molecular weight excluding hydrogens is 327 g/mol. The average molecular weight is 341 g/mol. The Morgan fingerprint density at radius 2 is 1.62 bits per heavy atom. The van der Waals surface area contributed by atoms with Gasteiger partial charge in [-0.2, -0.15) is 0 Å². The molecule has 0 unspecified atom stereocenters. The van der Waals surface area contributed by atoms with Gasteiger partial charge in [-0.1, -0.05) is 6.07 Å². The van der Waals surface area contributed by atoms with Crippen LogP contribution in [0.2, 0.25) is 0 Å². The quantitative estimate of drug-likeness (QED) is 0.843. The topological polar surface area (TPSA) is 75.9 Å². The standard InChI is InChI=1S/C15H14F3N3O3/c16-15(17,18)24-10-3-1-2-9(8-10)20-4-6-21(7-5-20)12-11(19)13(22)14(12)23/h1-3,8H,4-7,19H2. The van der Waals surface area contributed by atoms with E-state index in [1.54, 1.807) is 11.0 Å². The van der Waals surface area contributed by atoms with E-state index in [1.807, 2.05) is 4.90 Å². The van der Waals surface area contributed by atoms with E-state index in [1.165, 1.54) is 18.2 Å². The monoisotopic (exact) mass is 341 g/mol. The van der Waals surface area contributed by atoms with Crippen molar-refractivity contribution in [2.24, 2.45) is 0 Å². The van der Waals surface area contributed by atoms with Crippen LogP contribution in [0.15, 0.2) is 33.9 Å². The van der Waals surface area contributed by atoms with Crippen molar-refractivity contribution in [1.29, 1.82) is 0 Å². The van der Waals surface area contributed by atoms with Gasteiger partial charge in [0.05, 0.1) is 0 Å². The summed E-state index contributed by atoms with van der Waals surface area (Å²) in [6, 6.07) is 5.72. The van der Waals surface area contributed by atoms with Crippen molar-refractivity contribution >= 4 is 17.1 Å². The number of piperazine rings is 1. The first-order chi connectivity index (χ1) is 11.3. The first kappa shape index (κ1) is 16.2. The number of anilines is 3. The molecule has 2 aromatic carbocycles. The van der Waals surface area contributed by atoms with Crippen molar-refractivity contribution in [1.82, 2.24) is 0 Å². The second-order valence-electron chi connectivity index (χ2n) is 5.44. The van der Waals surface area contributed by atoms with E-state index in [4.69, 9.17) is 5.73 Å². The minimum absolute atomic E-state index is 0.0194. The van der Waals surface area contributed by atoms with Gasteiger partial charge in [-0.3, -0.25) is 9.59 Å². The number of alkyl halides is 3. The SMILES string of the molecule is Nc1c(N2CCN(c3cccc(OC(F)(F)F)c3)CC2)c(=O)c1=O. The minimum Gasteiger partial charge on any atom is -0.406 e. The molecule has 1 saturated heterocycles. The van der Waals surface area contributed by atoms with E-state index in [-0.39, 0.29) is 17.1 Å². The van der Waals surface area contributed by atoms with Gasteiger partial charge in [0.2, 0.25) is 0 Å². The molecule has 0 aliphatic carbocycles. The Hall–Kier alpha value is -2.71. The molecule has 3 rings (SSSR count). The lowest BCUT2D eigenvalue weighted by atomic mass is 10.1. The third-order valence-corrected chi connectivity index (χ3v) is 3.93. The van der Waals surface area contributed by atoms with Gasteiger partial charge < -0.3 is 20.3 Å². The molecule has 2 N–H and O–H groups in total. The van der Waals surface area contributed by atoms with Crippen molar-refractivity contribution in [3.63, 3.8) is 0 Å². The lowest BCUT2D eigenvalue weighted by molar-refractivity contribution is -0.274. The molecular formula is C15H14F3N3O3. The number of rotatable bonds is 3. The molecule has 2 aromatic rings. The van der Waals surface area contributed by atoms with E-state index in [9.17, 15) is 22.8 Å². The maximum absolute atomic E-state index is 12.3. The number of hydrogen-bond acceptors (Lipinski definition) is 6. The predicted octanol–water partition coefficient (Wildman–Crippen LogP) is 1.09. The number of nitrogen functional groups attached to an aromatic ring is 1. The Morgan fingerprint density at radius 1 is 1.00 bits per heavy atom. The molecule has 24 heavy (non-hydrogen) atoms. The summed E-state index contributed by atoms with van der Waals surface area (Å²) in [4.78, 5) is 26.3. The summed E-state index contributed by atoms with van der Waals surface area (Å²) in [5, 5.41) is 0. The van der Waals surface area contributed by atoms with Crippen LogP contribution in [0, 0.1) is 0 Å². The summed E-state index contributed by atoms with van der Waals surface area (Å²) < 4.78 is 40.8. The van der Waals surface area contributed by atoms with Crippen molar-refractivity contribution < 1.29 is 17.9 Å². The molecule has 1 aliphatic rings. The van der Waals surface area contributed by atoms with Crippen LogP contribution in [0.3, 0.4) is 0 Å². The van der Waals surface area contributed by atoms with Crippen LogP contribution in [0.5, 0.6) is 5.75 Å². The summed E-state index contributed by atoms with van der Waals surface area (Å²) in [5.74, 6) is -0.283. The number of halogens is 3. The van der Waals surface area contributed by atoms with E-state index in [0.717, 1.165) is 0 Å². The largest absolute Gasteiger partial charge is 0.573 e. The lowest BCUT2D eigenvalue weighted by Gasteiger charge is -2.37. The van der Waals surface area contributed by atoms with E-state index >= 15 is 0 Å². The molecule has 0 saturated carbocycles. The fourth-order valence-corrected chi connectivity index (χ4v) is 2.78. The molecule has 1 aliphatic heterocycles. The third-order valence-electron chi connectivity index (χ3n) is 3.93. The number of ether oxygens (including phenoxy) is 1. The number of benzene rings is 1. The van der Waals surface area contributed by atoms with Gasteiger partial charge in [0.1, 0.15) is 17.1 Å². The van der Waals surface area contributed by atoms with Crippen molar-refractivity contribution in [2.75, 3.05) is 41.7 Å². The maximum atomic E-state index is 12.3. The van der Waals surface area contributed by atoms with Crippen LogP contribution < -0.4 is 31.1 Å². The molecule has 1 heterocycles. The molecule has 0 spiro atoms. The van der Waals surface area contributed by atoms with Crippen LogP contribution in [0.25, 0.3) is 0 Å². The van der Waals surface area contributed by atoms with Gasteiger partial charge >= 0.3 is 6.36 Å². The molecule has 6 nitrogen and oxygen atoms in total. The number of hydrogen-bond donors (Lipinski definition) is 1. The summed E-state index contributed by atoms with van der Waals surface area (Å²) in [7, 11) is 0. The predicted molar refractivity (Wildman–Crippen MR) is 83.3 cm³/mol. The first-order valence-corrected chi connectivity index (χ1v) is 7.21. The van der Waals surface area contributed by atoms with Crippen LogP contribution in [0.4, 0.5) is 30.2 Å². The van der Waals surface area contributed by atoms with Gasteiger partial charge in [0, 0.05) is 37.9 Å². The van der Waals surface area contributed by atoms with Crippen LogP contribution >= 0.6 is 0 Å². The smallest absolute Gasteiger partial charge is 0.406 e. The van der Waals surface area contributed by atoms with Crippen molar-refractivity contribution in [3.05, 3.63) is 44.7 Å². The zero-order valence-corrected chi connectivity index (χ0v) is 12.5. The van der Waals surface area contributed by atoms with Gasteiger partial charge in [0.25, 0.3) is 10.9 Å². The zero-order valence-electron chi connectivity index (χ0n) is 12.5. The normalized spacial score (nSPS) is 15.8. The first-order valence-electron chi connectivity index (χ1n) is 7.21. The third kappa shape index (κ3) is 3.01. The molecule has 9 heteroatoms. The Morgan fingerprint density at radius 3 is 2.21 bits per heavy atom. The van der Waals surface area contributed by atoms with Crippen LogP contribution in [0.1, 0.15) is 0 Å². The van der Waals surface area contributed by atoms with Gasteiger partial charge in [-0.25, -0.2) is 0 Å². The molecule has 0 atom stereocenters. The number of nitrogens with zero attached hydrogens (tertiary/aromatic N) is 2. The Labute approximate surface area is 134 Å². The average Bonchev–Trinajstić information content (AvgIpc) is 2.54. The molecule has 0 aromatic heterocycles. The highest BCUT2D eigenvalue weighted by molar-refractivity contribution is 5.73. The Balaban J connectivity index is 1.68. The maximum Gasteiger partial charge on any atom is 0.573 e. The summed E-state index contributed by atoms with van der Waals surface area (Å²) in [5.41, 5.74) is 5.12.